The molecule has 0 heterocycles. The molecular weight excluding hydrogens is 348 g/mol. The van der Waals surface area contributed by atoms with Crippen LogP contribution in [0.1, 0.15) is 51.5 Å². The third-order valence-corrected chi connectivity index (χ3v) is 4.05. The molecule has 2 atom stereocenters. The summed E-state index contributed by atoms with van der Waals surface area (Å²) in [6.45, 7) is 4.03. The second-order valence-electron chi connectivity index (χ2n) is 6.27. The van der Waals surface area contributed by atoms with Gasteiger partial charge in [0, 0.05) is 0 Å². The second-order valence-corrected chi connectivity index (χ2v) is 6.27. The molecule has 0 saturated carbocycles. The maximum atomic E-state index is 12.5. The Hall–Kier alpha value is -2.57. The molecule has 0 fully saturated rings. The van der Waals surface area contributed by atoms with Gasteiger partial charge in [0.25, 0.3) is 0 Å². The van der Waals surface area contributed by atoms with Gasteiger partial charge in [-0.2, -0.15) is 0 Å². The molecule has 2 N–H and O–H groups in total. The largest absolute Gasteiger partial charge is 0.467 e. The lowest BCUT2D eigenvalue weighted by molar-refractivity contribution is -0.145. The van der Waals surface area contributed by atoms with Crippen molar-refractivity contribution in [2.24, 2.45) is 0 Å². The summed E-state index contributed by atoms with van der Waals surface area (Å²) in [4.78, 5) is 36.5. The molecule has 0 bridgehead atoms. The minimum absolute atomic E-state index is 0.119. The van der Waals surface area contributed by atoms with E-state index in [0.29, 0.717) is 19.3 Å². The van der Waals surface area contributed by atoms with E-state index in [-0.39, 0.29) is 6.61 Å². The molecule has 0 saturated heterocycles. The molecule has 0 spiro atoms. The van der Waals surface area contributed by atoms with Gasteiger partial charge in [-0.15, -0.1) is 0 Å². The Bertz CT molecular complexity index is 591. The van der Waals surface area contributed by atoms with Gasteiger partial charge >= 0.3 is 12.1 Å². The zero-order chi connectivity index (χ0) is 20.1. The van der Waals surface area contributed by atoms with Crippen LogP contribution in [0.25, 0.3) is 0 Å². The standard InChI is InChI=1S/C20H30N2O5/c1-4-6-13-17(19(24)26-3)21-18(23)16(10-5-2)22-20(25)27-14-15-11-8-7-9-12-15/h7-9,11-12,16-17H,4-6,10,13-14H2,1-3H3,(H,21,23)(H,22,25)/t16?,17-/m0/s1. The van der Waals surface area contributed by atoms with E-state index in [1.165, 1.54) is 7.11 Å². The summed E-state index contributed by atoms with van der Waals surface area (Å²) in [5.41, 5.74) is 0.856. The Morgan fingerprint density at radius 1 is 0.963 bits per heavy atom. The lowest BCUT2D eigenvalue weighted by Crippen LogP contribution is -2.51. The van der Waals surface area contributed by atoms with E-state index in [9.17, 15) is 14.4 Å². The molecule has 1 unspecified atom stereocenters. The van der Waals surface area contributed by atoms with Gasteiger partial charge in [0.2, 0.25) is 5.91 Å². The second kappa shape index (κ2) is 12.7. The molecule has 1 aromatic carbocycles. The summed E-state index contributed by atoms with van der Waals surface area (Å²) in [6, 6.07) is 7.79. The predicted molar refractivity (Wildman–Crippen MR) is 102 cm³/mol. The van der Waals surface area contributed by atoms with Crippen molar-refractivity contribution in [2.45, 2.75) is 64.6 Å². The maximum Gasteiger partial charge on any atom is 0.408 e. The van der Waals surface area contributed by atoms with Crippen LogP contribution in [0.4, 0.5) is 4.79 Å². The smallest absolute Gasteiger partial charge is 0.408 e. The Balaban J connectivity index is 2.61. The third-order valence-electron chi connectivity index (χ3n) is 4.05. The topological polar surface area (TPSA) is 93.7 Å². The van der Waals surface area contributed by atoms with Gasteiger partial charge in [-0.3, -0.25) is 4.79 Å². The van der Waals surface area contributed by atoms with Crippen LogP contribution in [0.3, 0.4) is 0 Å². The maximum absolute atomic E-state index is 12.5. The molecule has 0 radical (unpaired) electrons. The van der Waals surface area contributed by atoms with Crippen LogP contribution in [-0.4, -0.2) is 37.2 Å². The highest BCUT2D eigenvalue weighted by molar-refractivity contribution is 5.89. The van der Waals surface area contributed by atoms with Crippen LogP contribution < -0.4 is 10.6 Å². The van der Waals surface area contributed by atoms with E-state index in [2.05, 4.69) is 10.6 Å². The minimum Gasteiger partial charge on any atom is -0.467 e. The van der Waals surface area contributed by atoms with Crippen LogP contribution in [0.15, 0.2) is 30.3 Å². The first-order valence-corrected chi connectivity index (χ1v) is 9.37. The van der Waals surface area contributed by atoms with Crippen molar-refractivity contribution in [1.82, 2.24) is 10.6 Å². The normalized spacial score (nSPS) is 12.6. The van der Waals surface area contributed by atoms with Crippen LogP contribution >= 0.6 is 0 Å². The van der Waals surface area contributed by atoms with Crippen molar-refractivity contribution in [3.8, 4) is 0 Å². The molecule has 0 aromatic heterocycles. The lowest BCUT2D eigenvalue weighted by atomic mass is 10.1. The molecule has 0 aliphatic rings. The predicted octanol–water partition coefficient (Wildman–Crippen LogP) is 2.93. The van der Waals surface area contributed by atoms with E-state index in [1.54, 1.807) is 0 Å². The fraction of sp³-hybridized carbons (Fsp3) is 0.550. The van der Waals surface area contributed by atoms with Crippen LogP contribution in [0.2, 0.25) is 0 Å². The highest BCUT2D eigenvalue weighted by atomic mass is 16.5. The molecule has 7 heteroatoms. The van der Waals surface area contributed by atoms with Crippen molar-refractivity contribution in [3.63, 3.8) is 0 Å². The van der Waals surface area contributed by atoms with Gasteiger partial charge in [0.15, 0.2) is 0 Å². The van der Waals surface area contributed by atoms with E-state index in [1.807, 2.05) is 44.2 Å². The number of rotatable bonds is 11. The van der Waals surface area contributed by atoms with Gasteiger partial charge in [-0.05, 0) is 18.4 Å². The number of ether oxygens (including phenoxy) is 2. The van der Waals surface area contributed by atoms with Crippen molar-refractivity contribution >= 4 is 18.0 Å². The van der Waals surface area contributed by atoms with Gasteiger partial charge in [0.05, 0.1) is 7.11 Å². The molecule has 27 heavy (non-hydrogen) atoms. The number of nitrogens with one attached hydrogen (secondary N) is 2. The van der Waals surface area contributed by atoms with Crippen molar-refractivity contribution < 1.29 is 23.9 Å². The summed E-state index contributed by atoms with van der Waals surface area (Å²) in [7, 11) is 1.29. The molecule has 1 rings (SSSR count). The average Bonchev–Trinajstić information content (AvgIpc) is 2.69. The quantitative estimate of drug-likeness (QED) is 0.578. The number of hydrogen-bond donors (Lipinski definition) is 2. The molecule has 0 aliphatic heterocycles. The Morgan fingerprint density at radius 3 is 2.26 bits per heavy atom. The molecule has 0 aliphatic carbocycles. The SMILES string of the molecule is CCCC[C@H](NC(=O)C(CCC)NC(=O)OCc1ccccc1)C(=O)OC. The zero-order valence-electron chi connectivity index (χ0n) is 16.3. The molecule has 150 valence electrons. The lowest BCUT2D eigenvalue weighted by Gasteiger charge is -2.21. The first-order valence-electron chi connectivity index (χ1n) is 9.37. The Labute approximate surface area is 160 Å². The van der Waals surface area contributed by atoms with Crippen LogP contribution in [-0.2, 0) is 25.7 Å². The number of amides is 2. The first kappa shape index (κ1) is 22.5. The fourth-order valence-electron chi connectivity index (χ4n) is 2.54. The number of benzene rings is 1. The molecular formula is C20H30N2O5. The summed E-state index contributed by atoms with van der Waals surface area (Å²) in [5, 5.41) is 5.26. The number of unbranched alkanes of at least 4 members (excludes halogenated alkanes) is 1. The summed E-state index contributed by atoms with van der Waals surface area (Å²) in [6.07, 6.45) is 2.63. The van der Waals surface area contributed by atoms with Gasteiger partial charge in [-0.1, -0.05) is 63.4 Å². The highest BCUT2D eigenvalue weighted by Gasteiger charge is 2.26. The summed E-state index contributed by atoms with van der Waals surface area (Å²) in [5.74, 6) is -0.904. The summed E-state index contributed by atoms with van der Waals surface area (Å²) >= 11 is 0. The fourth-order valence-corrected chi connectivity index (χ4v) is 2.54. The number of hydrogen-bond acceptors (Lipinski definition) is 5. The number of alkyl carbamates (subject to hydrolysis) is 1. The average molecular weight is 378 g/mol. The monoisotopic (exact) mass is 378 g/mol. The Kier molecular flexibility index (Phi) is 10.6. The third kappa shape index (κ3) is 8.57. The molecule has 2 amide bonds. The van der Waals surface area contributed by atoms with Crippen molar-refractivity contribution in [3.05, 3.63) is 35.9 Å². The van der Waals surface area contributed by atoms with Crippen LogP contribution in [0.5, 0.6) is 0 Å². The Morgan fingerprint density at radius 2 is 1.67 bits per heavy atom. The van der Waals surface area contributed by atoms with E-state index in [0.717, 1.165) is 18.4 Å². The van der Waals surface area contributed by atoms with E-state index >= 15 is 0 Å². The number of methoxy groups -OCH3 is 1. The van der Waals surface area contributed by atoms with Gasteiger partial charge in [0.1, 0.15) is 18.7 Å². The number of carbonyl (C=O) groups excluding carboxylic acids is 3. The molecule has 1 aromatic rings. The summed E-state index contributed by atoms with van der Waals surface area (Å²) < 4.78 is 9.92. The molecule has 7 nitrogen and oxygen atoms in total. The minimum atomic E-state index is -0.771. The van der Waals surface area contributed by atoms with Crippen LogP contribution in [0, 0.1) is 0 Å². The van der Waals surface area contributed by atoms with Gasteiger partial charge in [-0.25, -0.2) is 9.59 Å². The zero-order valence-corrected chi connectivity index (χ0v) is 16.3. The number of esters is 1. The highest BCUT2D eigenvalue weighted by Crippen LogP contribution is 2.06. The van der Waals surface area contributed by atoms with Gasteiger partial charge < -0.3 is 20.1 Å². The van der Waals surface area contributed by atoms with Crippen molar-refractivity contribution in [2.75, 3.05) is 7.11 Å². The van der Waals surface area contributed by atoms with E-state index < -0.39 is 30.1 Å². The first-order chi connectivity index (χ1) is 13.0. The van der Waals surface area contributed by atoms with E-state index in [4.69, 9.17) is 9.47 Å². The number of carbonyl (C=O) groups is 3. The van der Waals surface area contributed by atoms with Crippen molar-refractivity contribution in [1.29, 1.82) is 0 Å².